The predicted octanol–water partition coefficient (Wildman–Crippen LogP) is 6.61. The third-order valence-corrected chi connectivity index (χ3v) is 7.80. The number of carbonyl (C=O) groups excluding carboxylic acids is 4. The van der Waals surface area contributed by atoms with Crippen molar-refractivity contribution in [1.82, 2.24) is 14.7 Å². The van der Waals surface area contributed by atoms with Gasteiger partial charge in [0.1, 0.15) is 29.6 Å². The third-order valence-electron chi connectivity index (χ3n) is 7.80. The van der Waals surface area contributed by atoms with Crippen molar-refractivity contribution in [1.29, 1.82) is 0 Å². The van der Waals surface area contributed by atoms with Gasteiger partial charge in [-0.05, 0) is 64.8 Å². The van der Waals surface area contributed by atoms with E-state index in [0.29, 0.717) is 5.56 Å². The van der Waals surface area contributed by atoms with Crippen molar-refractivity contribution in [3.05, 3.63) is 106 Å². The van der Waals surface area contributed by atoms with Gasteiger partial charge in [-0.2, -0.15) is 0 Å². The van der Waals surface area contributed by atoms with Crippen molar-refractivity contribution in [2.75, 3.05) is 26.2 Å². The van der Waals surface area contributed by atoms with Crippen LogP contribution in [0, 0.1) is 10.1 Å². The summed E-state index contributed by atoms with van der Waals surface area (Å²) in [5.41, 5.74) is -0.416. The molecule has 4 rings (SSSR count). The number of piperazine rings is 1. The van der Waals surface area contributed by atoms with E-state index in [-0.39, 0.29) is 50.6 Å². The summed E-state index contributed by atoms with van der Waals surface area (Å²) in [5, 5.41) is 11.2. The minimum absolute atomic E-state index is 0.0127. The summed E-state index contributed by atoms with van der Waals surface area (Å²) in [6.07, 6.45) is -2.25. The topological polar surface area (TPSA) is 158 Å². The largest absolute Gasteiger partial charge is 0.459 e. The fourth-order valence-corrected chi connectivity index (χ4v) is 5.40. The number of non-ortho nitro benzene ring substituents is 1. The number of hydrogen-bond donors (Lipinski definition) is 0. The molecule has 14 heteroatoms. The molecular formula is C38H46N4O10. The van der Waals surface area contributed by atoms with E-state index in [4.69, 9.17) is 18.9 Å². The Balaban J connectivity index is 1.75. The van der Waals surface area contributed by atoms with Crippen LogP contribution in [0.4, 0.5) is 20.1 Å². The number of nitro groups is 1. The van der Waals surface area contributed by atoms with Crippen molar-refractivity contribution in [3.8, 4) is 5.75 Å². The molecule has 1 aliphatic rings. The molecule has 0 aromatic heterocycles. The second-order valence-corrected chi connectivity index (χ2v) is 14.3. The first-order chi connectivity index (χ1) is 24.5. The molecule has 1 aliphatic heterocycles. The number of nitrogens with zero attached hydrogens (tertiary/aromatic N) is 4. The van der Waals surface area contributed by atoms with Crippen LogP contribution in [0.2, 0.25) is 0 Å². The molecule has 0 spiro atoms. The maximum atomic E-state index is 14.2. The molecule has 1 unspecified atom stereocenters. The normalized spacial score (nSPS) is 15.2. The molecule has 0 N–H and O–H groups in total. The number of ether oxygens (including phenoxy) is 4. The molecule has 1 fully saturated rings. The Morgan fingerprint density at radius 3 is 1.92 bits per heavy atom. The van der Waals surface area contributed by atoms with Crippen molar-refractivity contribution in [3.63, 3.8) is 0 Å². The molecule has 0 aliphatic carbocycles. The SMILES string of the molecule is CC(C)(C)OC(=O)N1CCN(C(=O)OC(C)(C)C)C(CN(C(=O)Oc2ccc([N+](=O)[O-])cc2)[C@H](Cc2ccccc2)C(=O)OCc2ccccc2)C1. The van der Waals surface area contributed by atoms with Gasteiger partial charge in [0.15, 0.2) is 0 Å². The number of rotatable bonds is 10. The van der Waals surface area contributed by atoms with E-state index in [1.165, 1.54) is 39.0 Å². The van der Waals surface area contributed by atoms with Crippen LogP contribution in [-0.4, -0.2) is 93.3 Å². The first-order valence-corrected chi connectivity index (χ1v) is 16.9. The second-order valence-electron chi connectivity index (χ2n) is 14.3. The summed E-state index contributed by atoms with van der Waals surface area (Å²) in [4.78, 5) is 69.9. The van der Waals surface area contributed by atoms with Crippen LogP contribution < -0.4 is 4.74 Å². The summed E-state index contributed by atoms with van der Waals surface area (Å²) in [6.45, 7) is 10.1. The average Bonchev–Trinajstić information content (AvgIpc) is 3.08. The molecule has 3 aromatic carbocycles. The summed E-state index contributed by atoms with van der Waals surface area (Å²) in [7, 11) is 0. The Morgan fingerprint density at radius 2 is 1.37 bits per heavy atom. The van der Waals surface area contributed by atoms with E-state index in [9.17, 15) is 29.3 Å². The summed E-state index contributed by atoms with van der Waals surface area (Å²) in [5.74, 6) is -0.753. The molecule has 2 atom stereocenters. The zero-order valence-corrected chi connectivity index (χ0v) is 30.4. The summed E-state index contributed by atoms with van der Waals surface area (Å²) >= 11 is 0. The first kappa shape index (κ1) is 39.1. The zero-order valence-electron chi connectivity index (χ0n) is 30.4. The van der Waals surface area contributed by atoms with Crippen molar-refractivity contribution in [2.24, 2.45) is 0 Å². The van der Waals surface area contributed by atoms with Gasteiger partial charge in [-0.15, -0.1) is 0 Å². The fourth-order valence-electron chi connectivity index (χ4n) is 5.40. The average molecular weight is 719 g/mol. The predicted molar refractivity (Wildman–Crippen MR) is 191 cm³/mol. The molecular weight excluding hydrogens is 672 g/mol. The second kappa shape index (κ2) is 17.0. The van der Waals surface area contributed by atoms with Gasteiger partial charge in [0.05, 0.1) is 11.0 Å². The molecule has 1 heterocycles. The van der Waals surface area contributed by atoms with Gasteiger partial charge in [0.25, 0.3) is 5.69 Å². The Labute approximate surface area is 303 Å². The minimum Gasteiger partial charge on any atom is -0.459 e. The first-order valence-electron chi connectivity index (χ1n) is 16.9. The van der Waals surface area contributed by atoms with Gasteiger partial charge in [0, 0.05) is 44.7 Å². The molecule has 0 saturated carbocycles. The van der Waals surface area contributed by atoms with E-state index in [2.05, 4.69) is 0 Å². The van der Waals surface area contributed by atoms with Crippen LogP contribution in [0.5, 0.6) is 5.75 Å². The lowest BCUT2D eigenvalue weighted by atomic mass is 10.0. The van der Waals surface area contributed by atoms with E-state index < -0.39 is 52.5 Å². The van der Waals surface area contributed by atoms with Gasteiger partial charge in [-0.1, -0.05) is 60.7 Å². The smallest absolute Gasteiger partial charge is 0.416 e. The minimum atomic E-state index is -1.27. The quantitative estimate of drug-likeness (QED) is 0.0967. The molecule has 0 bridgehead atoms. The lowest BCUT2D eigenvalue weighted by molar-refractivity contribution is -0.384. The number of benzene rings is 3. The molecule has 14 nitrogen and oxygen atoms in total. The maximum Gasteiger partial charge on any atom is 0.416 e. The van der Waals surface area contributed by atoms with E-state index in [1.54, 1.807) is 77.9 Å². The highest BCUT2D eigenvalue weighted by molar-refractivity contribution is 5.83. The van der Waals surface area contributed by atoms with Crippen LogP contribution in [0.15, 0.2) is 84.9 Å². The third kappa shape index (κ3) is 11.7. The number of hydrogen-bond acceptors (Lipinski definition) is 10. The van der Waals surface area contributed by atoms with Crippen molar-refractivity contribution < 1.29 is 43.0 Å². The van der Waals surface area contributed by atoms with Crippen molar-refractivity contribution >= 4 is 29.9 Å². The van der Waals surface area contributed by atoms with Crippen LogP contribution >= 0.6 is 0 Å². The van der Waals surface area contributed by atoms with Gasteiger partial charge < -0.3 is 23.8 Å². The standard InChI is InChI=1S/C38H46N4O10/c1-37(2,3)51-34(44)39-21-22-40(36(46)52-38(4,5)6)30(24-39)25-41(35(45)50-31-19-17-29(18-20-31)42(47)48)32(23-27-13-9-7-10-14-27)33(43)49-26-28-15-11-8-12-16-28/h7-20,30,32H,21-26H2,1-6H3/t30?,32-/m1/s1. The van der Waals surface area contributed by atoms with Gasteiger partial charge in [-0.3, -0.25) is 19.9 Å². The Kier molecular flexibility index (Phi) is 12.8. The number of esters is 1. The Morgan fingerprint density at radius 1 is 0.808 bits per heavy atom. The molecule has 52 heavy (non-hydrogen) atoms. The molecule has 3 amide bonds. The highest BCUT2D eigenvalue weighted by Gasteiger charge is 2.41. The summed E-state index contributed by atoms with van der Waals surface area (Å²) < 4.78 is 22.8. The molecule has 0 radical (unpaired) electrons. The van der Waals surface area contributed by atoms with Gasteiger partial charge in [-0.25, -0.2) is 19.2 Å². The van der Waals surface area contributed by atoms with Crippen LogP contribution in [0.25, 0.3) is 0 Å². The lowest BCUT2D eigenvalue weighted by Crippen LogP contribution is -2.63. The van der Waals surface area contributed by atoms with Gasteiger partial charge >= 0.3 is 24.2 Å². The fraction of sp³-hybridized carbons (Fsp3) is 0.421. The van der Waals surface area contributed by atoms with Crippen LogP contribution in [0.1, 0.15) is 52.7 Å². The molecule has 3 aromatic rings. The number of carbonyl (C=O) groups is 4. The van der Waals surface area contributed by atoms with Gasteiger partial charge in [0.2, 0.25) is 0 Å². The molecule has 1 saturated heterocycles. The zero-order chi connectivity index (χ0) is 38.1. The Bertz CT molecular complexity index is 1690. The highest BCUT2D eigenvalue weighted by Crippen LogP contribution is 2.24. The maximum absolute atomic E-state index is 14.2. The highest BCUT2D eigenvalue weighted by atomic mass is 16.6. The van der Waals surface area contributed by atoms with E-state index >= 15 is 0 Å². The number of amides is 3. The van der Waals surface area contributed by atoms with Crippen molar-refractivity contribution in [2.45, 2.75) is 77.9 Å². The van der Waals surface area contributed by atoms with Crippen LogP contribution in [-0.2, 0) is 32.0 Å². The van der Waals surface area contributed by atoms with E-state index in [1.807, 2.05) is 24.3 Å². The van der Waals surface area contributed by atoms with E-state index in [0.717, 1.165) is 5.56 Å². The van der Waals surface area contributed by atoms with Crippen LogP contribution in [0.3, 0.4) is 0 Å². The summed E-state index contributed by atoms with van der Waals surface area (Å²) in [6, 6.07) is 20.8. The molecule has 278 valence electrons. The lowest BCUT2D eigenvalue weighted by Gasteiger charge is -2.44. The Hall–Kier alpha value is -5.66. The monoisotopic (exact) mass is 718 g/mol. The number of nitro benzene ring substituents is 1.